The van der Waals surface area contributed by atoms with E-state index in [1.807, 2.05) is 24.3 Å². The van der Waals surface area contributed by atoms with Crippen LogP contribution in [0.4, 0.5) is 4.79 Å². The first-order valence-electron chi connectivity index (χ1n) is 12.6. The largest absolute Gasteiger partial charge is 0.481 e. The van der Waals surface area contributed by atoms with Gasteiger partial charge in [0.2, 0.25) is 5.91 Å². The predicted octanol–water partition coefficient (Wildman–Crippen LogP) is 4.02. The quantitative estimate of drug-likeness (QED) is 0.683. The molecule has 1 saturated heterocycles. The van der Waals surface area contributed by atoms with Crippen molar-refractivity contribution < 1.29 is 24.2 Å². The van der Waals surface area contributed by atoms with Gasteiger partial charge in [0.25, 0.3) is 0 Å². The Kier molecular flexibility index (Phi) is 5.31. The van der Waals surface area contributed by atoms with E-state index in [-0.39, 0.29) is 36.3 Å². The van der Waals surface area contributed by atoms with Gasteiger partial charge in [0.15, 0.2) is 0 Å². The maximum absolute atomic E-state index is 13.0. The molecule has 2 atom stereocenters. The highest BCUT2D eigenvalue weighted by atomic mass is 16.5. The highest BCUT2D eigenvalue weighted by molar-refractivity contribution is 5.84. The molecule has 0 bridgehead atoms. The molecule has 2 aromatic rings. The van der Waals surface area contributed by atoms with Gasteiger partial charge in [0, 0.05) is 31.0 Å². The number of fused-ring (bicyclic) bond motifs is 4. The number of carboxylic acid groups (broad SMARTS) is 1. The number of carbonyl (C=O) groups excluding carboxylic acids is 2. The molecule has 2 amide bonds. The van der Waals surface area contributed by atoms with Gasteiger partial charge in [0.05, 0.1) is 5.41 Å². The van der Waals surface area contributed by atoms with Crippen molar-refractivity contribution in [2.24, 2.45) is 17.3 Å². The molecule has 0 spiro atoms. The summed E-state index contributed by atoms with van der Waals surface area (Å²) in [6.45, 7) is 1.14. The van der Waals surface area contributed by atoms with Crippen LogP contribution < -0.4 is 5.32 Å². The predicted molar refractivity (Wildman–Crippen MR) is 129 cm³/mol. The van der Waals surface area contributed by atoms with E-state index in [0.717, 1.165) is 12.8 Å². The summed E-state index contributed by atoms with van der Waals surface area (Å²) in [5.41, 5.74) is 3.97. The molecule has 3 fully saturated rings. The molecule has 6 rings (SSSR count). The second kappa shape index (κ2) is 8.40. The molecule has 0 aromatic heterocycles. The van der Waals surface area contributed by atoms with Crippen molar-refractivity contribution >= 4 is 18.0 Å². The van der Waals surface area contributed by atoms with Gasteiger partial charge in [-0.3, -0.25) is 9.59 Å². The Hall–Kier alpha value is -3.35. The minimum absolute atomic E-state index is 0.0139. The number of nitrogens with zero attached hydrogens (tertiary/aromatic N) is 1. The Bertz CT molecular complexity index is 1140. The van der Waals surface area contributed by atoms with Gasteiger partial charge >= 0.3 is 12.1 Å². The number of rotatable bonds is 5. The van der Waals surface area contributed by atoms with E-state index in [4.69, 9.17) is 4.74 Å². The van der Waals surface area contributed by atoms with Crippen molar-refractivity contribution in [3.8, 4) is 11.1 Å². The zero-order valence-corrected chi connectivity index (χ0v) is 19.6. The lowest BCUT2D eigenvalue weighted by atomic mass is 9.79. The zero-order valence-electron chi connectivity index (χ0n) is 19.6. The van der Waals surface area contributed by atoms with Crippen molar-refractivity contribution in [3.63, 3.8) is 0 Å². The number of hydrogen-bond donors (Lipinski definition) is 2. The van der Waals surface area contributed by atoms with Gasteiger partial charge in [-0.1, -0.05) is 55.0 Å². The molecule has 0 unspecified atom stereocenters. The van der Waals surface area contributed by atoms with E-state index in [9.17, 15) is 19.5 Å². The maximum Gasteiger partial charge on any atom is 0.407 e. The van der Waals surface area contributed by atoms with Gasteiger partial charge in [-0.15, -0.1) is 0 Å². The van der Waals surface area contributed by atoms with Crippen LogP contribution >= 0.6 is 0 Å². The molecule has 182 valence electrons. The highest BCUT2D eigenvalue weighted by Gasteiger charge is 2.56. The third-order valence-electron chi connectivity index (χ3n) is 8.76. The summed E-state index contributed by atoms with van der Waals surface area (Å²) in [5, 5.41) is 12.7. The van der Waals surface area contributed by atoms with Crippen LogP contribution in [-0.2, 0) is 14.3 Å². The molecule has 3 aliphatic carbocycles. The number of amides is 2. The summed E-state index contributed by atoms with van der Waals surface area (Å²) in [6, 6.07) is 16.4. The summed E-state index contributed by atoms with van der Waals surface area (Å²) >= 11 is 0. The number of alkyl carbamates (subject to hydrolysis) is 1. The second-order valence-electron chi connectivity index (χ2n) is 10.6. The summed E-state index contributed by atoms with van der Waals surface area (Å²) in [7, 11) is 0. The van der Waals surface area contributed by atoms with E-state index in [1.54, 1.807) is 4.90 Å². The number of nitrogens with one attached hydrogen (secondary N) is 1. The first-order chi connectivity index (χ1) is 17.0. The molecule has 2 N–H and O–H groups in total. The lowest BCUT2D eigenvalue weighted by Gasteiger charge is -2.37. The molecule has 7 heteroatoms. The standard InChI is InChI=1S/C28H30N2O5/c31-25(30-14-18-6-5-11-28(18,16-30)26(32)33)17-12-19(13-17)29-27(34)35-15-24-22-9-3-1-7-20(22)21-8-2-4-10-23(21)24/h1-4,7-10,17-19,24H,5-6,11-16H2,(H,29,34)(H,32,33)/t17?,18-,19?,28-/m0/s1. The first kappa shape index (κ1) is 22.1. The highest BCUT2D eigenvalue weighted by Crippen LogP contribution is 2.50. The van der Waals surface area contributed by atoms with Crippen LogP contribution in [0.25, 0.3) is 11.1 Å². The first-order valence-corrected chi connectivity index (χ1v) is 12.6. The summed E-state index contributed by atoms with van der Waals surface area (Å²) in [6.07, 6.45) is 3.16. The summed E-state index contributed by atoms with van der Waals surface area (Å²) in [5.74, 6) is -0.804. The van der Waals surface area contributed by atoms with Gasteiger partial charge < -0.3 is 20.1 Å². The molecule has 2 saturated carbocycles. The Morgan fingerprint density at radius 3 is 2.31 bits per heavy atom. The lowest BCUT2D eigenvalue weighted by molar-refractivity contribution is -0.150. The van der Waals surface area contributed by atoms with E-state index in [0.29, 0.717) is 32.4 Å². The zero-order chi connectivity index (χ0) is 24.2. The second-order valence-corrected chi connectivity index (χ2v) is 10.6. The fourth-order valence-corrected chi connectivity index (χ4v) is 6.81. The Morgan fingerprint density at radius 2 is 1.69 bits per heavy atom. The van der Waals surface area contributed by atoms with Crippen LogP contribution in [0.3, 0.4) is 0 Å². The normalized spacial score (nSPS) is 28.6. The molecular weight excluding hydrogens is 444 g/mol. The van der Waals surface area contributed by atoms with Gasteiger partial charge in [-0.2, -0.15) is 0 Å². The average molecular weight is 475 g/mol. The van der Waals surface area contributed by atoms with Crippen LogP contribution in [-0.4, -0.2) is 53.7 Å². The molecular formula is C28H30N2O5. The minimum Gasteiger partial charge on any atom is -0.481 e. The number of benzene rings is 2. The van der Waals surface area contributed by atoms with E-state index in [2.05, 4.69) is 29.6 Å². The van der Waals surface area contributed by atoms with Crippen LogP contribution in [0.2, 0.25) is 0 Å². The number of ether oxygens (including phenoxy) is 1. The van der Waals surface area contributed by atoms with Crippen molar-refractivity contribution in [3.05, 3.63) is 59.7 Å². The van der Waals surface area contributed by atoms with Gasteiger partial charge in [0.1, 0.15) is 6.61 Å². The van der Waals surface area contributed by atoms with E-state index in [1.165, 1.54) is 22.3 Å². The number of likely N-dealkylation sites (tertiary alicyclic amines) is 1. The van der Waals surface area contributed by atoms with Crippen LogP contribution in [0, 0.1) is 17.3 Å². The van der Waals surface area contributed by atoms with Crippen molar-refractivity contribution in [1.82, 2.24) is 10.2 Å². The fourth-order valence-electron chi connectivity index (χ4n) is 6.81. The molecule has 4 aliphatic rings. The van der Waals surface area contributed by atoms with Crippen LogP contribution in [0.5, 0.6) is 0 Å². The number of carboxylic acids is 1. The Morgan fingerprint density at radius 1 is 1.03 bits per heavy atom. The Labute approximate surface area is 204 Å². The van der Waals surface area contributed by atoms with E-state index < -0.39 is 17.5 Å². The maximum atomic E-state index is 13.0. The minimum atomic E-state index is -0.765. The monoisotopic (exact) mass is 474 g/mol. The number of aliphatic carboxylic acids is 1. The number of carbonyl (C=O) groups is 3. The molecule has 7 nitrogen and oxygen atoms in total. The smallest absolute Gasteiger partial charge is 0.407 e. The molecule has 0 radical (unpaired) electrons. The van der Waals surface area contributed by atoms with Crippen molar-refractivity contribution in [1.29, 1.82) is 0 Å². The summed E-state index contributed by atoms with van der Waals surface area (Å²) in [4.78, 5) is 39.1. The van der Waals surface area contributed by atoms with E-state index >= 15 is 0 Å². The van der Waals surface area contributed by atoms with Crippen molar-refractivity contribution in [2.75, 3.05) is 19.7 Å². The van der Waals surface area contributed by atoms with Crippen molar-refractivity contribution in [2.45, 2.75) is 44.1 Å². The third-order valence-corrected chi connectivity index (χ3v) is 8.76. The van der Waals surface area contributed by atoms with Crippen LogP contribution in [0.1, 0.15) is 49.1 Å². The topological polar surface area (TPSA) is 95.9 Å². The molecule has 1 aliphatic heterocycles. The van der Waals surface area contributed by atoms with Gasteiger partial charge in [-0.05, 0) is 53.9 Å². The third kappa shape index (κ3) is 3.60. The lowest BCUT2D eigenvalue weighted by Crippen LogP contribution is -2.50. The van der Waals surface area contributed by atoms with Gasteiger partial charge in [-0.25, -0.2) is 4.79 Å². The fraction of sp³-hybridized carbons (Fsp3) is 0.464. The Balaban J connectivity index is 1.00. The van der Waals surface area contributed by atoms with Crippen LogP contribution in [0.15, 0.2) is 48.5 Å². The average Bonchev–Trinajstić information content (AvgIpc) is 3.49. The number of hydrogen-bond acceptors (Lipinski definition) is 4. The molecule has 2 aromatic carbocycles. The summed E-state index contributed by atoms with van der Waals surface area (Å²) < 4.78 is 5.62. The SMILES string of the molecule is O=C(NC1CC(C(=O)N2C[C@@H]3CCC[C@]3(C(=O)O)C2)C1)OCC1c2ccccc2-c2ccccc21. The molecule has 35 heavy (non-hydrogen) atoms. The molecule has 1 heterocycles.